The van der Waals surface area contributed by atoms with Crippen LogP contribution >= 0.6 is 0 Å². The summed E-state index contributed by atoms with van der Waals surface area (Å²) >= 11 is 0. The third-order valence-electron chi connectivity index (χ3n) is 4.43. The van der Waals surface area contributed by atoms with Crippen molar-refractivity contribution in [2.45, 2.75) is 24.7 Å². The lowest BCUT2D eigenvalue weighted by Gasteiger charge is -2.37. The Bertz CT molecular complexity index is 674. The standard InChI is InChI=1S/C16H17NO7/c1-23-14(19)12-9-16(15(20)24-2,8-7-13(12)18)10-3-5-11(6-4-10)17(21)22/h3-6,12H,7-9H2,1-2H3. The largest absolute Gasteiger partial charge is 0.468 e. The lowest BCUT2D eigenvalue weighted by Crippen LogP contribution is -2.46. The highest BCUT2D eigenvalue weighted by molar-refractivity contribution is 6.01. The average Bonchev–Trinajstić information content (AvgIpc) is 2.61. The second kappa shape index (κ2) is 6.77. The van der Waals surface area contributed by atoms with Gasteiger partial charge in [0.1, 0.15) is 11.7 Å². The van der Waals surface area contributed by atoms with Gasteiger partial charge in [0.05, 0.1) is 24.6 Å². The third-order valence-corrected chi connectivity index (χ3v) is 4.43. The maximum Gasteiger partial charge on any atom is 0.316 e. The van der Waals surface area contributed by atoms with Gasteiger partial charge in [-0.1, -0.05) is 12.1 Å². The Hall–Kier alpha value is -2.77. The highest BCUT2D eigenvalue weighted by Gasteiger charge is 2.50. The molecule has 1 aromatic carbocycles. The summed E-state index contributed by atoms with van der Waals surface area (Å²) in [6.45, 7) is 0. The number of Topliss-reactive ketones (excluding diaryl/α,β-unsaturated/α-hetero) is 1. The molecular formula is C16H17NO7. The SMILES string of the molecule is COC(=O)C1CC(C(=O)OC)(c2ccc([N+](=O)[O-])cc2)CCC1=O. The molecule has 1 fully saturated rings. The van der Waals surface area contributed by atoms with Gasteiger partial charge >= 0.3 is 11.9 Å². The number of carbonyl (C=O) groups excluding carboxylic acids is 3. The Morgan fingerprint density at radius 2 is 1.83 bits per heavy atom. The monoisotopic (exact) mass is 335 g/mol. The van der Waals surface area contributed by atoms with E-state index in [0.717, 1.165) is 0 Å². The van der Waals surface area contributed by atoms with E-state index in [2.05, 4.69) is 4.74 Å². The van der Waals surface area contributed by atoms with Crippen LogP contribution in [-0.2, 0) is 29.3 Å². The number of hydrogen-bond donors (Lipinski definition) is 0. The van der Waals surface area contributed by atoms with E-state index >= 15 is 0 Å². The second-order valence-electron chi connectivity index (χ2n) is 5.62. The zero-order chi connectivity index (χ0) is 17.9. The summed E-state index contributed by atoms with van der Waals surface area (Å²) in [4.78, 5) is 46.6. The first-order valence-electron chi connectivity index (χ1n) is 7.29. The van der Waals surface area contributed by atoms with Gasteiger partial charge in [-0.25, -0.2) is 0 Å². The molecule has 8 heteroatoms. The number of methoxy groups -OCH3 is 2. The van der Waals surface area contributed by atoms with Crippen LogP contribution in [0.25, 0.3) is 0 Å². The number of rotatable bonds is 4. The zero-order valence-electron chi connectivity index (χ0n) is 13.3. The fraction of sp³-hybridized carbons (Fsp3) is 0.438. The molecule has 0 spiro atoms. The van der Waals surface area contributed by atoms with Crippen molar-refractivity contribution in [1.82, 2.24) is 0 Å². The second-order valence-corrected chi connectivity index (χ2v) is 5.62. The normalized spacial score (nSPS) is 23.4. The molecule has 0 aliphatic heterocycles. The number of nitro benzene ring substituents is 1. The molecule has 2 rings (SSSR count). The smallest absolute Gasteiger partial charge is 0.316 e. The predicted octanol–water partition coefficient (Wildman–Crippen LogP) is 1.55. The van der Waals surface area contributed by atoms with Crippen LogP contribution in [0.2, 0.25) is 0 Å². The number of nitrogens with zero attached hydrogens (tertiary/aromatic N) is 1. The molecule has 24 heavy (non-hydrogen) atoms. The van der Waals surface area contributed by atoms with Crippen molar-refractivity contribution in [3.8, 4) is 0 Å². The van der Waals surface area contributed by atoms with Gasteiger partial charge < -0.3 is 9.47 Å². The number of esters is 2. The molecule has 0 aromatic heterocycles. The fourth-order valence-electron chi connectivity index (χ4n) is 3.10. The van der Waals surface area contributed by atoms with Crippen molar-refractivity contribution < 1.29 is 28.8 Å². The molecule has 1 aliphatic carbocycles. The van der Waals surface area contributed by atoms with E-state index in [-0.39, 0.29) is 30.7 Å². The molecule has 2 atom stereocenters. The van der Waals surface area contributed by atoms with Gasteiger partial charge in [0, 0.05) is 18.6 Å². The van der Waals surface area contributed by atoms with Gasteiger partial charge in [-0.2, -0.15) is 0 Å². The van der Waals surface area contributed by atoms with Gasteiger partial charge in [-0.3, -0.25) is 24.5 Å². The summed E-state index contributed by atoms with van der Waals surface area (Å²) in [5, 5.41) is 10.8. The molecule has 1 aliphatic rings. The van der Waals surface area contributed by atoms with E-state index in [1.807, 2.05) is 0 Å². The molecule has 0 amide bonds. The van der Waals surface area contributed by atoms with Gasteiger partial charge in [0.2, 0.25) is 0 Å². The summed E-state index contributed by atoms with van der Waals surface area (Å²) in [6.07, 6.45) is 0.110. The molecule has 0 radical (unpaired) electrons. The summed E-state index contributed by atoms with van der Waals surface area (Å²) in [5.41, 5.74) is -0.854. The van der Waals surface area contributed by atoms with Crippen LogP contribution in [0.3, 0.4) is 0 Å². The topological polar surface area (TPSA) is 113 Å². The van der Waals surface area contributed by atoms with Crippen molar-refractivity contribution in [1.29, 1.82) is 0 Å². The number of hydrogen-bond acceptors (Lipinski definition) is 7. The van der Waals surface area contributed by atoms with Crippen molar-refractivity contribution in [2.24, 2.45) is 5.92 Å². The maximum atomic E-state index is 12.5. The Morgan fingerprint density at radius 3 is 2.33 bits per heavy atom. The molecule has 1 saturated carbocycles. The number of carbonyl (C=O) groups is 3. The minimum Gasteiger partial charge on any atom is -0.468 e. The third kappa shape index (κ3) is 2.99. The van der Waals surface area contributed by atoms with Crippen molar-refractivity contribution in [3.63, 3.8) is 0 Å². The Morgan fingerprint density at radius 1 is 1.21 bits per heavy atom. The van der Waals surface area contributed by atoms with E-state index in [1.165, 1.54) is 38.5 Å². The molecule has 1 aromatic rings. The molecule has 0 N–H and O–H groups in total. The van der Waals surface area contributed by atoms with Crippen LogP contribution in [0.4, 0.5) is 5.69 Å². The molecule has 0 heterocycles. The van der Waals surface area contributed by atoms with Crippen molar-refractivity contribution >= 4 is 23.4 Å². The Kier molecular flexibility index (Phi) is 4.96. The van der Waals surface area contributed by atoms with Gasteiger partial charge in [-0.05, 0) is 18.4 Å². The van der Waals surface area contributed by atoms with Crippen molar-refractivity contribution in [2.75, 3.05) is 14.2 Å². The number of non-ortho nitro benzene ring substituents is 1. The summed E-state index contributed by atoms with van der Waals surface area (Å²) < 4.78 is 9.54. The van der Waals surface area contributed by atoms with Crippen LogP contribution < -0.4 is 0 Å². The van der Waals surface area contributed by atoms with Gasteiger partial charge in [-0.15, -0.1) is 0 Å². The first-order chi connectivity index (χ1) is 11.4. The van der Waals surface area contributed by atoms with Crippen molar-refractivity contribution in [3.05, 3.63) is 39.9 Å². The van der Waals surface area contributed by atoms with Crippen LogP contribution in [0.1, 0.15) is 24.8 Å². The molecule has 2 unspecified atom stereocenters. The summed E-state index contributed by atoms with van der Waals surface area (Å²) in [7, 11) is 2.40. The quantitative estimate of drug-likeness (QED) is 0.355. The molecule has 0 bridgehead atoms. The van der Waals surface area contributed by atoms with E-state index in [9.17, 15) is 24.5 Å². The fourth-order valence-corrected chi connectivity index (χ4v) is 3.10. The van der Waals surface area contributed by atoms with Gasteiger partial charge in [0.25, 0.3) is 5.69 Å². The highest BCUT2D eigenvalue weighted by Crippen LogP contribution is 2.42. The van der Waals surface area contributed by atoms with E-state index < -0.39 is 28.2 Å². The Labute approximate surface area is 137 Å². The molecule has 128 valence electrons. The Balaban J connectivity index is 2.47. The number of benzene rings is 1. The first-order valence-corrected chi connectivity index (χ1v) is 7.29. The van der Waals surface area contributed by atoms with Gasteiger partial charge in [0.15, 0.2) is 0 Å². The lowest BCUT2D eigenvalue weighted by molar-refractivity contribution is -0.384. The predicted molar refractivity (Wildman–Crippen MR) is 81.2 cm³/mol. The van der Waals surface area contributed by atoms with E-state index in [1.54, 1.807) is 0 Å². The number of ether oxygens (including phenoxy) is 2. The maximum absolute atomic E-state index is 12.5. The first kappa shape index (κ1) is 17.6. The van der Waals surface area contributed by atoms with Crippen LogP contribution in [0.5, 0.6) is 0 Å². The minimum absolute atomic E-state index is 0.0197. The number of nitro groups is 1. The molecule has 8 nitrogen and oxygen atoms in total. The van der Waals surface area contributed by atoms with E-state index in [4.69, 9.17) is 4.74 Å². The van der Waals surface area contributed by atoms with Crippen LogP contribution in [-0.4, -0.2) is 36.9 Å². The summed E-state index contributed by atoms with van der Waals surface area (Å²) in [6, 6.07) is 5.48. The summed E-state index contributed by atoms with van der Waals surface area (Å²) in [5.74, 6) is -2.63. The van der Waals surface area contributed by atoms with Crippen LogP contribution in [0, 0.1) is 16.0 Å². The van der Waals surface area contributed by atoms with E-state index in [0.29, 0.717) is 5.56 Å². The zero-order valence-corrected chi connectivity index (χ0v) is 13.3. The molecule has 0 saturated heterocycles. The minimum atomic E-state index is -1.21. The lowest BCUT2D eigenvalue weighted by atomic mass is 9.65. The number of ketones is 1. The molecular weight excluding hydrogens is 318 g/mol. The van der Waals surface area contributed by atoms with Crippen LogP contribution in [0.15, 0.2) is 24.3 Å². The highest BCUT2D eigenvalue weighted by atomic mass is 16.6. The average molecular weight is 335 g/mol.